The molecule has 0 saturated carbocycles. The van der Waals surface area contributed by atoms with Crippen LogP contribution in [0.2, 0.25) is 0 Å². The van der Waals surface area contributed by atoms with Gasteiger partial charge in [0.1, 0.15) is 0 Å². The number of amides is 3. The summed E-state index contributed by atoms with van der Waals surface area (Å²) < 4.78 is 0.953. The maximum atomic E-state index is 12.4. The molecular formula is C26H30IN5O3. The Balaban J connectivity index is 1.35. The van der Waals surface area contributed by atoms with E-state index < -0.39 is 5.91 Å². The minimum atomic E-state index is -0.415. The van der Waals surface area contributed by atoms with E-state index in [2.05, 4.69) is 48.3 Å². The van der Waals surface area contributed by atoms with Crippen LogP contribution in [0.25, 0.3) is 5.57 Å². The number of carbonyl (C=O) groups is 3. The van der Waals surface area contributed by atoms with Gasteiger partial charge in [-0.25, -0.2) is 0 Å². The van der Waals surface area contributed by atoms with Gasteiger partial charge in [0.25, 0.3) is 11.8 Å². The molecule has 2 aromatic carbocycles. The van der Waals surface area contributed by atoms with Crippen LogP contribution >= 0.6 is 22.6 Å². The first-order chi connectivity index (χ1) is 16.8. The number of halogens is 1. The SMILES string of the molecule is CN(C)CCNC(=O)C1CCN(c2ccc(N/C=C3\C(=O)NC(=O)c4ccc(I)cc43)cc2)CC1. The molecule has 2 aliphatic heterocycles. The van der Waals surface area contributed by atoms with Crippen LogP contribution in [0.4, 0.5) is 11.4 Å². The number of benzene rings is 2. The Morgan fingerprint density at radius 3 is 2.49 bits per heavy atom. The molecule has 4 rings (SSSR count). The van der Waals surface area contributed by atoms with Crippen LogP contribution in [0.1, 0.15) is 28.8 Å². The lowest BCUT2D eigenvalue weighted by Gasteiger charge is -2.33. The van der Waals surface area contributed by atoms with Crippen molar-refractivity contribution in [3.63, 3.8) is 0 Å². The third-order valence-electron chi connectivity index (χ3n) is 6.33. The van der Waals surface area contributed by atoms with Crippen molar-refractivity contribution in [2.24, 2.45) is 5.92 Å². The van der Waals surface area contributed by atoms with E-state index in [0.29, 0.717) is 23.2 Å². The molecule has 35 heavy (non-hydrogen) atoms. The van der Waals surface area contributed by atoms with Crippen LogP contribution in [-0.4, -0.2) is 62.9 Å². The Kier molecular flexibility index (Phi) is 8.07. The van der Waals surface area contributed by atoms with E-state index in [1.165, 1.54) is 0 Å². The highest BCUT2D eigenvalue weighted by Gasteiger charge is 2.27. The predicted molar refractivity (Wildman–Crippen MR) is 146 cm³/mol. The number of piperidine rings is 1. The molecule has 3 N–H and O–H groups in total. The third kappa shape index (κ3) is 6.21. The molecule has 3 amide bonds. The molecule has 0 aliphatic carbocycles. The zero-order valence-electron chi connectivity index (χ0n) is 19.9. The van der Waals surface area contributed by atoms with Gasteiger partial charge < -0.3 is 20.4 Å². The fourth-order valence-corrected chi connectivity index (χ4v) is 4.80. The highest BCUT2D eigenvalue weighted by molar-refractivity contribution is 14.1. The second-order valence-electron chi connectivity index (χ2n) is 9.08. The summed E-state index contributed by atoms with van der Waals surface area (Å²) in [6.07, 6.45) is 3.32. The van der Waals surface area contributed by atoms with Crippen LogP contribution in [-0.2, 0) is 9.59 Å². The summed E-state index contributed by atoms with van der Waals surface area (Å²) in [5.41, 5.74) is 3.49. The zero-order chi connectivity index (χ0) is 24.9. The van der Waals surface area contributed by atoms with Gasteiger partial charge in [-0.2, -0.15) is 0 Å². The summed E-state index contributed by atoms with van der Waals surface area (Å²) in [7, 11) is 3.99. The second kappa shape index (κ2) is 11.2. The predicted octanol–water partition coefficient (Wildman–Crippen LogP) is 2.91. The number of rotatable bonds is 7. The molecule has 0 aromatic heterocycles. The standard InChI is InChI=1S/C26H30IN5O3/c1-31(2)14-11-28-24(33)17-9-12-32(13-10-17)20-6-4-19(5-7-20)29-16-23-22-15-18(27)3-8-21(22)25(34)30-26(23)35/h3-8,15-17,29H,9-14H2,1-2H3,(H,28,33)(H,30,34,35)/b23-16-. The Morgan fingerprint density at radius 1 is 1.09 bits per heavy atom. The van der Waals surface area contributed by atoms with Crippen molar-refractivity contribution in [1.29, 1.82) is 0 Å². The van der Waals surface area contributed by atoms with E-state index >= 15 is 0 Å². The third-order valence-corrected chi connectivity index (χ3v) is 7.00. The molecule has 2 heterocycles. The monoisotopic (exact) mass is 587 g/mol. The van der Waals surface area contributed by atoms with Crippen molar-refractivity contribution in [2.45, 2.75) is 12.8 Å². The average molecular weight is 587 g/mol. The minimum Gasteiger partial charge on any atom is -0.371 e. The van der Waals surface area contributed by atoms with E-state index in [4.69, 9.17) is 0 Å². The highest BCUT2D eigenvalue weighted by Crippen LogP contribution is 2.27. The lowest BCUT2D eigenvalue weighted by Crippen LogP contribution is -2.42. The highest BCUT2D eigenvalue weighted by atomic mass is 127. The van der Waals surface area contributed by atoms with E-state index in [1.807, 2.05) is 50.5 Å². The maximum Gasteiger partial charge on any atom is 0.260 e. The molecule has 2 aliphatic rings. The van der Waals surface area contributed by atoms with Crippen LogP contribution < -0.4 is 20.9 Å². The summed E-state index contributed by atoms with van der Waals surface area (Å²) in [6.45, 7) is 3.20. The lowest BCUT2D eigenvalue weighted by atomic mass is 9.95. The van der Waals surface area contributed by atoms with Gasteiger partial charge in [-0.15, -0.1) is 0 Å². The van der Waals surface area contributed by atoms with Crippen molar-refractivity contribution in [1.82, 2.24) is 15.5 Å². The van der Waals surface area contributed by atoms with Gasteiger partial charge in [-0.1, -0.05) is 0 Å². The number of nitrogens with one attached hydrogen (secondary N) is 3. The number of hydrogen-bond donors (Lipinski definition) is 3. The van der Waals surface area contributed by atoms with Crippen molar-refractivity contribution < 1.29 is 14.4 Å². The van der Waals surface area contributed by atoms with Gasteiger partial charge in [0.15, 0.2) is 0 Å². The first-order valence-electron chi connectivity index (χ1n) is 11.7. The lowest BCUT2D eigenvalue weighted by molar-refractivity contribution is -0.125. The van der Waals surface area contributed by atoms with E-state index in [-0.39, 0.29) is 17.7 Å². The summed E-state index contributed by atoms with van der Waals surface area (Å²) in [5, 5.41) is 8.62. The molecule has 0 atom stereocenters. The van der Waals surface area contributed by atoms with E-state index in [0.717, 1.165) is 47.4 Å². The van der Waals surface area contributed by atoms with Gasteiger partial charge in [0.2, 0.25) is 5.91 Å². The molecule has 184 valence electrons. The molecule has 0 unspecified atom stereocenters. The molecule has 8 nitrogen and oxygen atoms in total. The fourth-order valence-electron chi connectivity index (χ4n) is 4.31. The van der Waals surface area contributed by atoms with Gasteiger partial charge in [0, 0.05) is 64.4 Å². The molecule has 1 fully saturated rings. The first kappa shape index (κ1) is 25.2. The first-order valence-corrected chi connectivity index (χ1v) is 12.8. The number of anilines is 2. The summed E-state index contributed by atoms with van der Waals surface area (Å²) in [6, 6.07) is 13.4. The maximum absolute atomic E-state index is 12.4. The van der Waals surface area contributed by atoms with Crippen molar-refractivity contribution in [3.05, 3.63) is 63.4 Å². The summed E-state index contributed by atoms with van der Waals surface area (Å²) in [4.78, 5) is 41.3. The number of likely N-dealkylation sites (N-methyl/N-ethyl adjacent to an activating group) is 1. The molecule has 0 bridgehead atoms. The zero-order valence-corrected chi connectivity index (χ0v) is 22.1. The largest absolute Gasteiger partial charge is 0.371 e. The van der Waals surface area contributed by atoms with Crippen molar-refractivity contribution in [2.75, 3.05) is 50.5 Å². The molecule has 0 radical (unpaired) electrons. The van der Waals surface area contributed by atoms with Crippen molar-refractivity contribution >= 4 is 57.3 Å². The van der Waals surface area contributed by atoms with Gasteiger partial charge in [0.05, 0.1) is 5.57 Å². The molecular weight excluding hydrogens is 557 g/mol. The van der Waals surface area contributed by atoms with Crippen LogP contribution in [0.15, 0.2) is 48.7 Å². The second-order valence-corrected chi connectivity index (χ2v) is 10.3. The Labute approximate surface area is 219 Å². The van der Waals surface area contributed by atoms with Crippen molar-refractivity contribution in [3.8, 4) is 0 Å². The fraction of sp³-hybridized carbons (Fsp3) is 0.346. The number of hydrogen-bond acceptors (Lipinski definition) is 6. The Hall–Kier alpha value is -2.92. The smallest absolute Gasteiger partial charge is 0.260 e. The molecule has 1 saturated heterocycles. The average Bonchev–Trinajstić information content (AvgIpc) is 2.84. The van der Waals surface area contributed by atoms with Gasteiger partial charge in [-0.3, -0.25) is 19.7 Å². The number of carbonyl (C=O) groups excluding carboxylic acids is 3. The van der Waals surface area contributed by atoms with E-state index in [9.17, 15) is 14.4 Å². The number of nitrogens with zero attached hydrogens (tertiary/aromatic N) is 2. The van der Waals surface area contributed by atoms with Crippen LogP contribution in [0.3, 0.4) is 0 Å². The molecule has 2 aromatic rings. The van der Waals surface area contributed by atoms with Crippen LogP contribution in [0.5, 0.6) is 0 Å². The molecule has 9 heteroatoms. The topological polar surface area (TPSA) is 93.8 Å². The molecule has 0 spiro atoms. The normalized spacial score (nSPS) is 17.4. The quantitative estimate of drug-likeness (QED) is 0.262. The Morgan fingerprint density at radius 2 is 1.80 bits per heavy atom. The summed E-state index contributed by atoms with van der Waals surface area (Å²) >= 11 is 2.17. The summed E-state index contributed by atoms with van der Waals surface area (Å²) in [5.74, 6) is -0.566. The van der Waals surface area contributed by atoms with Crippen LogP contribution in [0, 0.1) is 9.49 Å². The van der Waals surface area contributed by atoms with Gasteiger partial charge >= 0.3 is 0 Å². The number of imide groups is 1. The van der Waals surface area contributed by atoms with E-state index in [1.54, 1.807) is 12.3 Å². The Bertz CT molecular complexity index is 1140. The minimum absolute atomic E-state index is 0.0698. The number of fused-ring (bicyclic) bond motifs is 1. The van der Waals surface area contributed by atoms with Gasteiger partial charge in [-0.05, 0) is 92.0 Å².